The van der Waals surface area contributed by atoms with Gasteiger partial charge in [0.15, 0.2) is 11.5 Å². The van der Waals surface area contributed by atoms with Gasteiger partial charge < -0.3 is 19.5 Å². The van der Waals surface area contributed by atoms with Crippen molar-refractivity contribution in [2.75, 3.05) is 33.5 Å². The third kappa shape index (κ3) is 5.18. The minimum absolute atomic E-state index is 0.573. The van der Waals surface area contributed by atoms with Gasteiger partial charge in [0, 0.05) is 12.0 Å². The smallest absolute Gasteiger partial charge is 0.161 e. The Bertz CT molecular complexity index is 446. The number of benzene rings is 1. The first-order chi connectivity index (χ1) is 10.7. The third-order valence-electron chi connectivity index (χ3n) is 4.06. The Morgan fingerprint density at radius 2 is 2.14 bits per heavy atom. The van der Waals surface area contributed by atoms with E-state index in [4.69, 9.17) is 14.2 Å². The summed E-state index contributed by atoms with van der Waals surface area (Å²) in [4.78, 5) is 0. The molecule has 0 amide bonds. The van der Waals surface area contributed by atoms with Crippen LogP contribution in [0.1, 0.15) is 32.3 Å². The zero-order chi connectivity index (χ0) is 15.8. The summed E-state index contributed by atoms with van der Waals surface area (Å²) in [6, 6.07) is 6.78. The van der Waals surface area contributed by atoms with E-state index in [9.17, 15) is 0 Å². The summed E-state index contributed by atoms with van der Waals surface area (Å²) in [7, 11) is 1.68. The van der Waals surface area contributed by atoms with Crippen LogP contribution in [0, 0.1) is 5.92 Å². The van der Waals surface area contributed by atoms with Crippen LogP contribution in [-0.4, -0.2) is 39.5 Å². The molecule has 2 rings (SSSR count). The standard InChI is InChI=1S/C18H29NO3/c1-4-22-18-11-15(7-8-17(18)20-3)6-5-9-19-14(2)10-16-12-21-13-16/h7-8,11,14,16,19H,4-6,9-10,12-13H2,1-3H3. The van der Waals surface area contributed by atoms with Gasteiger partial charge in [-0.05, 0) is 57.4 Å². The molecule has 0 bridgehead atoms. The summed E-state index contributed by atoms with van der Waals surface area (Å²) in [6.07, 6.45) is 3.40. The maximum absolute atomic E-state index is 5.62. The fourth-order valence-electron chi connectivity index (χ4n) is 2.79. The van der Waals surface area contributed by atoms with E-state index in [1.54, 1.807) is 7.11 Å². The summed E-state index contributed by atoms with van der Waals surface area (Å²) >= 11 is 0. The van der Waals surface area contributed by atoms with E-state index in [1.165, 1.54) is 12.0 Å². The molecule has 4 nitrogen and oxygen atoms in total. The molecule has 0 saturated carbocycles. The van der Waals surface area contributed by atoms with Gasteiger partial charge in [0.05, 0.1) is 26.9 Å². The number of hydrogen-bond donors (Lipinski definition) is 1. The molecule has 1 aromatic rings. The largest absolute Gasteiger partial charge is 0.493 e. The lowest BCUT2D eigenvalue weighted by atomic mass is 9.99. The first kappa shape index (κ1) is 17.1. The molecular formula is C18H29NO3. The molecule has 4 heteroatoms. The number of nitrogens with one attached hydrogen (secondary N) is 1. The van der Waals surface area contributed by atoms with Gasteiger partial charge in [-0.15, -0.1) is 0 Å². The SMILES string of the molecule is CCOc1cc(CCCNC(C)CC2COC2)ccc1OC. The van der Waals surface area contributed by atoms with Crippen LogP contribution >= 0.6 is 0 Å². The van der Waals surface area contributed by atoms with Crippen LogP contribution in [-0.2, 0) is 11.2 Å². The Morgan fingerprint density at radius 1 is 1.32 bits per heavy atom. The van der Waals surface area contributed by atoms with Crippen molar-refractivity contribution >= 4 is 0 Å². The molecule has 0 aromatic heterocycles. The molecule has 1 atom stereocenters. The molecule has 22 heavy (non-hydrogen) atoms. The van der Waals surface area contributed by atoms with Gasteiger partial charge in [-0.2, -0.15) is 0 Å². The molecular weight excluding hydrogens is 278 g/mol. The zero-order valence-electron chi connectivity index (χ0n) is 14.1. The second-order valence-electron chi connectivity index (χ2n) is 6.02. The maximum atomic E-state index is 5.62. The highest BCUT2D eigenvalue weighted by molar-refractivity contribution is 5.43. The molecule has 1 aliphatic rings. The highest BCUT2D eigenvalue weighted by Crippen LogP contribution is 2.28. The van der Waals surface area contributed by atoms with Gasteiger partial charge in [-0.1, -0.05) is 6.07 Å². The van der Waals surface area contributed by atoms with Crippen LogP contribution in [0.3, 0.4) is 0 Å². The lowest BCUT2D eigenvalue weighted by Crippen LogP contribution is -2.36. The normalized spacial score (nSPS) is 16.1. The van der Waals surface area contributed by atoms with Gasteiger partial charge in [-0.3, -0.25) is 0 Å². The predicted molar refractivity (Wildman–Crippen MR) is 88.9 cm³/mol. The molecule has 0 aliphatic carbocycles. The highest BCUT2D eigenvalue weighted by atomic mass is 16.5. The maximum Gasteiger partial charge on any atom is 0.161 e. The molecule has 1 heterocycles. The van der Waals surface area contributed by atoms with Gasteiger partial charge in [0.25, 0.3) is 0 Å². The van der Waals surface area contributed by atoms with Crippen LogP contribution in [0.15, 0.2) is 18.2 Å². The second kappa shape index (κ2) is 9.01. The van der Waals surface area contributed by atoms with Crippen molar-refractivity contribution in [3.8, 4) is 11.5 Å². The van der Waals surface area contributed by atoms with Gasteiger partial charge in [0.2, 0.25) is 0 Å². The lowest BCUT2D eigenvalue weighted by molar-refractivity contribution is -0.0389. The summed E-state index contributed by atoms with van der Waals surface area (Å²) in [5.41, 5.74) is 1.30. The van der Waals surface area contributed by atoms with Crippen molar-refractivity contribution in [2.24, 2.45) is 5.92 Å². The zero-order valence-corrected chi connectivity index (χ0v) is 14.1. The van der Waals surface area contributed by atoms with Crippen molar-refractivity contribution in [3.05, 3.63) is 23.8 Å². The topological polar surface area (TPSA) is 39.7 Å². The molecule has 1 saturated heterocycles. The molecule has 0 spiro atoms. The van der Waals surface area contributed by atoms with Crippen LogP contribution in [0.5, 0.6) is 11.5 Å². The van der Waals surface area contributed by atoms with Crippen molar-refractivity contribution in [3.63, 3.8) is 0 Å². The summed E-state index contributed by atoms with van der Waals surface area (Å²) < 4.78 is 16.2. The first-order valence-corrected chi connectivity index (χ1v) is 8.33. The first-order valence-electron chi connectivity index (χ1n) is 8.33. The van der Waals surface area contributed by atoms with Gasteiger partial charge in [-0.25, -0.2) is 0 Å². The summed E-state index contributed by atoms with van der Waals surface area (Å²) in [6.45, 7) is 7.84. The molecule has 1 aliphatic heterocycles. The number of ether oxygens (including phenoxy) is 3. The molecule has 1 N–H and O–H groups in total. The Morgan fingerprint density at radius 3 is 2.77 bits per heavy atom. The Hall–Kier alpha value is -1.26. The van der Waals surface area contributed by atoms with E-state index in [0.29, 0.717) is 12.6 Å². The van der Waals surface area contributed by atoms with E-state index in [2.05, 4.69) is 24.4 Å². The molecule has 0 radical (unpaired) electrons. The molecule has 124 valence electrons. The fraction of sp³-hybridized carbons (Fsp3) is 0.667. The van der Waals surface area contributed by atoms with E-state index < -0.39 is 0 Å². The van der Waals surface area contributed by atoms with Crippen molar-refractivity contribution in [2.45, 2.75) is 39.2 Å². The highest BCUT2D eigenvalue weighted by Gasteiger charge is 2.20. The minimum Gasteiger partial charge on any atom is -0.493 e. The van der Waals surface area contributed by atoms with Crippen LogP contribution in [0.2, 0.25) is 0 Å². The number of rotatable bonds is 10. The van der Waals surface area contributed by atoms with Crippen LogP contribution in [0.4, 0.5) is 0 Å². The van der Waals surface area contributed by atoms with Crippen LogP contribution in [0.25, 0.3) is 0 Å². The second-order valence-corrected chi connectivity index (χ2v) is 6.02. The van der Waals surface area contributed by atoms with E-state index in [-0.39, 0.29) is 0 Å². The summed E-state index contributed by atoms with van der Waals surface area (Å²) in [5, 5.41) is 3.60. The average molecular weight is 307 g/mol. The fourth-order valence-corrected chi connectivity index (χ4v) is 2.79. The van der Waals surface area contributed by atoms with Crippen molar-refractivity contribution in [1.29, 1.82) is 0 Å². The van der Waals surface area contributed by atoms with E-state index in [0.717, 1.165) is 50.0 Å². The predicted octanol–water partition coefficient (Wildman–Crippen LogP) is 3.04. The van der Waals surface area contributed by atoms with E-state index >= 15 is 0 Å². The van der Waals surface area contributed by atoms with Crippen LogP contribution < -0.4 is 14.8 Å². The summed E-state index contributed by atoms with van der Waals surface area (Å²) in [5.74, 6) is 2.41. The number of methoxy groups -OCH3 is 1. The molecule has 1 unspecified atom stereocenters. The lowest BCUT2D eigenvalue weighted by Gasteiger charge is -2.28. The molecule has 1 fully saturated rings. The Balaban J connectivity index is 1.70. The monoisotopic (exact) mass is 307 g/mol. The quantitative estimate of drug-likeness (QED) is 0.675. The van der Waals surface area contributed by atoms with Gasteiger partial charge >= 0.3 is 0 Å². The Kier molecular flexibility index (Phi) is 7.00. The van der Waals surface area contributed by atoms with E-state index in [1.807, 2.05) is 13.0 Å². The van der Waals surface area contributed by atoms with Crippen molar-refractivity contribution < 1.29 is 14.2 Å². The van der Waals surface area contributed by atoms with Gasteiger partial charge in [0.1, 0.15) is 0 Å². The third-order valence-corrected chi connectivity index (χ3v) is 4.06. The molecule has 1 aromatic carbocycles. The average Bonchev–Trinajstić information content (AvgIpc) is 2.48. The Labute approximate surface area is 134 Å². The minimum atomic E-state index is 0.573. The van der Waals surface area contributed by atoms with Crippen molar-refractivity contribution in [1.82, 2.24) is 5.32 Å². The number of aryl methyl sites for hydroxylation is 1. The number of hydrogen-bond acceptors (Lipinski definition) is 4.